The van der Waals surface area contributed by atoms with Gasteiger partial charge in [-0.3, -0.25) is 4.90 Å². The Hall–Kier alpha value is -0.920. The molecule has 1 aromatic heterocycles. The first-order valence-corrected chi connectivity index (χ1v) is 13.1. The van der Waals surface area contributed by atoms with Gasteiger partial charge in [0, 0.05) is 13.1 Å². The van der Waals surface area contributed by atoms with E-state index in [1.807, 2.05) is 11.5 Å². The molecule has 2 rings (SSSR count). The van der Waals surface area contributed by atoms with Gasteiger partial charge in [-0.25, -0.2) is 13.4 Å². The van der Waals surface area contributed by atoms with Gasteiger partial charge in [-0.2, -0.15) is 0 Å². The fraction of sp³-hybridized carbons (Fsp3) is 0.864. The van der Waals surface area contributed by atoms with Crippen molar-refractivity contribution in [3.8, 4) is 0 Å². The second kappa shape index (κ2) is 11.5. The Morgan fingerprint density at radius 3 is 2.48 bits per heavy atom. The third kappa shape index (κ3) is 7.07. The van der Waals surface area contributed by atoms with Crippen LogP contribution in [0, 0.1) is 11.8 Å². The summed E-state index contributed by atoms with van der Waals surface area (Å²) in [6, 6.07) is 0. The summed E-state index contributed by atoms with van der Waals surface area (Å²) in [4.78, 5) is 6.74. The Labute approximate surface area is 177 Å². The number of aromatic nitrogens is 2. The van der Waals surface area contributed by atoms with Gasteiger partial charge in [0.1, 0.15) is 0 Å². The second-order valence-corrected chi connectivity index (χ2v) is 11.0. The molecule has 1 unspecified atom stereocenters. The highest BCUT2D eigenvalue weighted by Crippen LogP contribution is 2.24. The molecule has 1 N–H and O–H groups in total. The first kappa shape index (κ1) is 24.4. The summed E-state index contributed by atoms with van der Waals surface area (Å²) in [6.45, 7) is 11.7. The molecule has 1 aliphatic heterocycles. The molecule has 0 aromatic carbocycles. The molecule has 0 spiro atoms. The quantitative estimate of drug-likeness (QED) is 0.548. The number of imidazole rings is 1. The highest BCUT2D eigenvalue weighted by atomic mass is 32.2. The van der Waals surface area contributed by atoms with Crippen LogP contribution in [0.3, 0.4) is 0 Å². The SMILES string of the molecule is CCCCn1c(CN2CCC(C(O)CC)CC2)cnc1S(=O)(=O)CCCC(C)C. The van der Waals surface area contributed by atoms with Gasteiger partial charge in [-0.05, 0) is 63.5 Å². The summed E-state index contributed by atoms with van der Waals surface area (Å²) in [5, 5.41) is 10.3. The Morgan fingerprint density at radius 2 is 1.90 bits per heavy atom. The Kier molecular flexibility index (Phi) is 9.63. The Bertz CT molecular complexity index is 707. The maximum Gasteiger partial charge on any atom is 0.227 e. The van der Waals surface area contributed by atoms with Crippen LogP contribution >= 0.6 is 0 Å². The number of nitrogens with zero attached hydrogens (tertiary/aromatic N) is 3. The second-order valence-electron chi connectivity index (χ2n) is 8.98. The summed E-state index contributed by atoms with van der Waals surface area (Å²) in [7, 11) is -3.36. The van der Waals surface area contributed by atoms with Crippen LogP contribution < -0.4 is 0 Å². The smallest absolute Gasteiger partial charge is 0.227 e. The van der Waals surface area contributed by atoms with Crippen molar-refractivity contribution in [2.75, 3.05) is 18.8 Å². The Balaban J connectivity index is 2.08. The zero-order valence-electron chi connectivity index (χ0n) is 18.8. The lowest BCUT2D eigenvalue weighted by molar-refractivity contribution is 0.0543. The summed E-state index contributed by atoms with van der Waals surface area (Å²) in [6.07, 6.45) is 7.94. The summed E-state index contributed by atoms with van der Waals surface area (Å²) < 4.78 is 27.8. The third-order valence-corrected chi connectivity index (χ3v) is 7.80. The first-order valence-electron chi connectivity index (χ1n) is 11.5. The summed E-state index contributed by atoms with van der Waals surface area (Å²) in [5.41, 5.74) is 0.996. The van der Waals surface area contributed by atoms with E-state index in [0.717, 1.165) is 63.9 Å². The van der Waals surface area contributed by atoms with E-state index in [1.54, 1.807) is 6.20 Å². The van der Waals surface area contributed by atoms with Gasteiger partial charge in [0.25, 0.3) is 0 Å². The van der Waals surface area contributed by atoms with Crippen molar-refractivity contribution in [3.63, 3.8) is 0 Å². The van der Waals surface area contributed by atoms with Crippen molar-refractivity contribution >= 4 is 9.84 Å². The van der Waals surface area contributed by atoms with Crippen LogP contribution in [0.1, 0.15) is 78.3 Å². The van der Waals surface area contributed by atoms with Crippen LogP contribution in [0.4, 0.5) is 0 Å². The number of hydrogen-bond acceptors (Lipinski definition) is 5. The van der Waals surface area contributed by atoms with Gasteiger partial charge < -0.3 is 9.67 Å². The summed E-state index contributed by atoms with van der Waals surface area (Å²) in [5.74, 6) is 1.07. The molecule has 168 valence electrons. The van der Waals surface area contributed by atoms with Crippen molar-refractivity contribution in [1.29, 1.82) is 0 Å². The molecule has 0 radical (unpaired) electrons. The minimum absolute atomic E-state index is 0.175. The molecule has 0 aliphatic carbocycles. The van der Waals surface area contributed by atoms with Crippen molar-refractivity contribution in [2.24, 2.45) is 11.8 Å². The number of unbranched alkanes of at least 4 members (excludes halogenated alkanes) is 1. The topological polar surface area (TPSA) is 75.4 Å². The van der Waals surface area contributed by atoms with Crippen LogP contribution in [0.2, 0.25) is 0 Å². The minimum atomic E-state index is -3.36. The van der Waals surface area contributed by atoms with E-state index < -0.39 is 9.84 Å². The number of rotatable bonds is 12. The lowest BCUT2D eigenvalue weighted by atomic mass is 9.90. The van der Waals surface area contributed by atoms with Gasteiger partial charge in [0.05, 0.1) is 23.7 Å². The largest absolute Gasteiger partial charge is 0.393 e. The van der Waals surface area contributed by atoms with E-state index in [1.165, 1.54) is 0 Å². The molecule has 0 amide bonds. The van der Waals surface area contributed by atoms with E-state index in [2.05, 4.69) is 30.7 Å². The van der Waals surface area contributed by atoms with Crippen LogP contribution in [0.5, 0.6) is 0 Å². The molecule has 29 heavy (non-hydrogen) atoms. The number of hydrogen-bond donors (Lipinski definition) is 1. The zero-order chi connectivity index (χ0) is 21.4. The van der Waals surface area contributed by atoms with Crippen molar-refractivity contribution in [2.45, 2.75) is 97.0 Å². The monoisotopic (exact) mass is 427 g/mol. The van der Waals surface area contributed by atoms with Crippen LogP contribution in [-0.4, -0.2) is 52.9 Å². The molecule has 1 saturated heterocycles. The first-order chi connectivity index (χ1) is 13.8. The molecule has 6 nitrogen and oxygen atoms in total. The molecule has 1 aromatic rings. The molecular weight excluding hydrogens is 386 g/mol. The number of aliphatic hydroxyl groups excluding tert-OH is 1. The van der Waals surface area contributed by atoms with Gasteiger partial charge >= 0.3 is 0 Å². The highest BCUT2D eigenvalue weighted by molar-refractivity contribution is 7.91. The molecule has 0 bridgehead atoms. The number of piperidine rings is 1. The van der Waals surface area contributed by atoms with E-state index in [0.29, 0.717) is 24.8 Å². The van der Waals surface area contributed by atoms with E-state index >= 15 is 0 Å². The Morgan fingerprint density at radius 1 is 1.21 bits per heavy atom. The third-order valence-electron chi connectivity index (χ3n) is 6.09. The zero-order valence-corrected chi connectivity index (χ0v) is 19.6. The molecule has 0 saturated carbocycles. The maximum absolute atomic E-state index is 12.9. The highest BCUT2D eigenvalue weighted by Gasteiger charge is 2.27. The van der Waals surface area contributed by atoms with Gasteiger partial charge in [0.2, 0.25) is 15.0 Å². The molecule has 1 fully saturated rings. The van der Waals surface area contributed by atoms with Crippen molar-refractivity contribution < 1.29 is 13.5 Å². The minimum Gasteiger partial charge on any atom is -0.393 e. The van der Waals surface area contributed by atoms with E-state index in [-0.39, 0.29) is 17.0 Å². The predicted octanol–water partition coefficient (Wildman–Crippen LogP) is 3.88. The van der Waals surface area contributed by atoms with Crippen LogP contribution in [-0.2, 0) is 22.9 Å². The number of aliphatic hydroxyl groups is 1. The van der Waals surface area contributed by atoms with Crippen molar-refractivity contribution in [3.05, 3.63) is 11.9 Å². The lowest BCUT2D eigenvalue weighted by Crippen LogP contribution is -2.37. The predicted molar refractivity (Wildman–Crippen MR) is 118 cm³/mol. The average Bonchev–Trinajstić information content (AvgIpc) is 3.09. The number of sulfone groups is 1. The molecule has 2 heterocycles. The average molecular weight is 428 g/mol. The summed E-state index contributed by atoms with van der Waals surface area (Å²) >= 11 is 0. The molecular formula is C22H41N3O3S. The fourth-order valence-electron chi connectivity index (χ4n) is 4.15. The van der Waals surface area contributed by atoms with Gasteiger partial charge in [-0.1, -0.05) is 34.1 Å². The molecule has 1 aliphatic rings. The number of likely N-dealkylation sites (tertiary alicyclic amines) is 1. The lowest BCUT2D eigenvalue weighted by Gasteiger charge is -2.34. The van der Waals surface area contributed by atoms with Gasteiger partial charge in [-0.15, -0.1) is 0 Å². The molecule has 1 atom stereocenters. The van der Waals surface area contributed by atoms with Crippen molar-refractivity contribution in [1.82, 2.24) is 14.5 Å². The van der Waals surface area contributed by atoms with E-state index in [4.69, 9.17) is 0 Å². The van der Waals surface area contributed by atoms with Crippen LogP contribution in [0.25, 0.3) is 0 Å². The maximum atomic E-state index is 12.9. The van der Waals surface area contributed by atoms with Crippen LogP contribution in [0.15, 0.2) is 11.4 Å². The fourth-order valence-corrected chi connectivity index (χ4v) is 5.64. The standard InChI is InChI=1S/C22H41N3O3S/c1-5-7-12-25-20(17-24-13-10-19(11-14-24)21(26)6-2)16-23-22(25)29(27,28)15-8-9-18(3)4/h16,18-19,21,26H,5-15,17H2,1-4H3. The van der Waals surface area contributed by atoms with Gasteiger partial charge in [0.15, 0.2) is 0 Å². The molecule has 7 heteroatoms. The normalized spacial score (nSPS) is 17.9. The van der Waals surface area contributed by atoms with E-state index in [9.17, 15) is 13.5 Å².